The van der Waals surface area contributed by atoms with Crippen molar-refractivity contribution in [3.63, 3.8) is 0 Å². The summed E-state index contributed by atoms with van der Waals surface area (Å²) in [6, 6.07) is 12.0. The van der Waals surface area contributed by atoms with Gasteiger partial charge < -0.3 is 19.8 Å². The number of allylic oxidation sites excluding steroid dienone is 1. The van der Waals surface area contributed by atoms with Crippen LogP contribution in [0.2, 0.25) is 0 Å². The number of carbonyl (C=O) groups is 2. The molecule has 2 aromatic heterocycles. The third-order valence-electron chi connectivity index (χ3n) is 8.49. The van der Waals surface area contributed by atoms with Gasteiger partial charge in [0.2, 0.25) is 5.91 Å². The van der Waals surface area contributed by atoms with Crippen molar-refractivity contribution < 1.29 is 19.1 Å². The van der Waals surface area contributed by atoms with E-state index in [0.29, 0.717) is 35.0 Å². The van der Waals surface area contributed by atoms with Crippen molar-refractivity contribution in [3.8, 4) is 17.0 Å². The Morgan fingerprint density at radius 2 is 1.80 bits per heavy atom. The minimum atomic E-state index is -0.457. The summed E-state index contributed by atoms with van der Waals surface area (Å²) in [5.41, 5.74) is 14.4. The second-order valence-corrected chi connectivity index (χ2v) is 10.8. The zero-order chi connectivity index (χ0) is 28.1. The summed E-state index contributed by atoms with van der Waals surface area (Å²) >= 11 is 0. The van der Waals surface area contributed by atoms with Crippen LogP contribution in [0.1, 0.15) is 81.3 Å². The van der Waals surface area contributed by atoms with Gasteiger partial charge in [0.05, 0.1) is 37.8 Å². The lowest BCUT2D eigenvalue weighted by Crippen LogP contribution is -2.12. The van der Waals surface area contributed by atoms with Crippen LogP contribution >= 0.6 is 0 Å². The van der Waals surface area contributed by atoms with Crippen molar-refractivity contribution in [2.24, 2.45) is 12.8 Å². The summed E-state index contributed by atoms with van der Waals surface area (Å²) in [6.07, 6.45) is 8.04. The van der Waals surface area contributed by atoms with Crippen molar-refractivity contribution in [2.45, 2.75) is 51.5 Å². The molecule has 0 unspecified atom stereocenters. The molecule has 2 aliphatic rings. The molecule has 4 aromatic rings. The number of primary amides is 1. The molecule has 0 bridgehead atoms. The Morgan fingerprint density at radius 1 is 1.02 bits per heavy atom. The molecule has 1 fully saturated rings. The number of ether oxygens (including phenoxy) is 2. The summed E-state index contributed by atoms with van der Waals surface area (Å²) in [4.78, 5) is 25.2. The van der Waals surface area contributed by atoms with Crippen molar-refractivity contribution in [2.75, 3.05) is 14.2 Å². The smallest absolute Gasteiger partial charge is 0.341 e. The van der Waals surface area contributed by atoms with Crippen molar-refractivity contribution in [1.29, 1.82) is 0 Å². The van der Waals surface area contributed by atoms with Gasteiger partial charge in [-0.05, 0) is 78.8 Å². The van der Waals surface area contributed by atoms with E-state index in [0.717, 1.165) is 51.9 Å². The van der Waals surface area contributed by atoms with Crippen LogP contribution < -0.4 is 10.5 Å². The van der Waals surface area contributed by atoms with E-state index in [1.54, 1.807) is 11.8 Å². The Morgan fingerprint density at radius 3 is 2.50 bits per heavy atom. The lowest BCUT2D eigenvalue weighted by molar-refractivity contribution is 0.0599. The van der Waals surface area contributed by atoms with Gasteiger partial charge >= 0.3 is 5.97 Å². The second kappa shape index (κ2) is 10.0. The molecule has 0 spiro atoms. The molecule has 0 radical (unpaired) electrons. The van der Waals surface area contributed by atoms with Crippen molar-refractivity contribution >= 4 is 34.4 Å². The molecule has 0 saturated heterocycles. The second-order valence-electron chi connectivity index (χ2n) is 10.8. The van der Waals surface area contributed by atoms with Gasteiger partial charge in [0.15, 0.2) is 0 Å². The number of nitrogens with zero attached hydrogens (tertiary/aromatic N) is 3. The van der Waals surface area contributed by atoms with Crippen LogP contribution in [0, 0.1) is 6.92 Å². The molecule has 3 heterocycles. The fourth-order valence-corrected chi connectivity index (χ4v) is 6.71. The van der Waals surface area contributed by atoms with E-state index in [-0.39, 0.29) is 0 Å². The first-order chi connectivity index (χ1) is 19.3. The van der Waals surface area contributed by atoms with Gasteiger partial charge in [-0.25, -0.2) is 4.79 Å². The number of methoxy groups -OCH3 is 2. The molecule has 8 heteroatoms. The number of fused-ring (bicyclic) bond motifs is 5. The monoisotopic (exact) mass is 538 g/mol. The number of benzene rings is 2. The first kappa shape index (κ1) is 25.9. The van der Waals surface area contributed by atoms with E-state index in [4.69, 9.17) is 15.2 Å². The lowest BCUT2D eigenvalue weighted by atomic mass is 9.81. The lowest BCUT2D eigenvalue weighted by Gasteiger charge is -2.24. The van der Waals surface area contributed by atoms with E-state index in [1.165, 1.54) is 31.9 Å². The summed E-state index contributed by atoms with van der Waals surface area (Å²) in [5, 5.41) is 5.73. The first-order valence-corrected chi connectivity index (χ1v) is 13.8. The van der Waals surface area contributed by atoms with Crippen LogP contribution in [-0.2, 0) is 18.3 Å². The van der Waals surface area contributed by atoms with Gasteiger partial charge in [0, 0.05) is 29.1 Å². The van der Waals surface area contributed by atoms with Gasteiger partial charge in [-0.2, -0.15) is 5.10 Å². The van der Waals surface area contributed by atoms with E-state index in [9.17, 15) is 9.59 Å². The standard InChI is InChI=1S/C32H34N4O4/c1-18-27(32(38)40-4)29(35(2)34-18)22-14-21-15-23(39-3)11-13-24(21)30-28(19-8-6-5-7-9-19)25-12-10-20(31(33)37)16-26(25)36(30)17-22/h10-16,19H,5-9,17H2,1-4H3,(H2,33,37). The average Bonchev–Trinajstić information content (AvgIpc) is 3.38. The van der Waals surface area contributed by atoms with Gasteiger partial charge in [-0.15, -0.1) is 0 Å². The number of nitrogens with two attached hydrogens (primary N) is 1. The molecule has 8 nitrogen and oxygen atoms in total. The Labute approximate surface area is 233 Å². The summed E-state index contributed by atoms with van der Waals surface area (Å²) in [5.74, 6) is 0.283. The van der Waals surface area contributed by atoms with Gasteiger partial charge in [0.25, 0.3) is 0 Å². The van der Waals surface area contributed by atoms with Crippen molar-refractivity contribution in [1.82, 2.24) is 14.3 Å². The van der Waals surface area contributed by atoms with E-state index >= 15 is 0 Å². The highest BCUT2D eigenvalue weighted by Gasteiger charge is 2.32. The van der Waals surface area contributed by atoms with Crippen molar-refractivity contribution in [3.05, 3.63) is 70.0 Å². The van der Waals surface area contributed by atoms with Crippen LogP contribution in [0.3, 0.4) is 0 Å². The number of esters is 1. The molecule has 1 aliphatic heterocycles. The molecule has 1 amide bonds. The molecule has 2 N–H and O–H groups in total. The molecule has 1 aliphatic carbocycles. The van der Waals surface area contributed by atoms with Crippen LogP contribution in [0.4, 0.5) is 0 Å². The molecule has 40 heavy (non-hydrogen) atoms. The van der Waals surface area contributed by atoms with Crippen LogP contribution in [-0.4, -0.2) is 40.4 Å². The van der Waals surface area contributed by atoms with Crippen LogP contribution in [0.5, 0.6) is 5.75 Å². The predicted molar refractivity (Wildman–Crippen MR) is 155 cm³/mol. The van der Waals surface area contributed by atoms with Gasteiger partial charge in [0.1, 0.15) is 11.3 Å². The molecule has 2 aromatic carbocycles. The molecule has 206 valence electrons. The summed E-state index contributed by atoms with van der Waals surface area (Å²) < 4.78 is 14.8. The number of rotatable bonds is 5. The van der Waals surface area contributed by atoms with E-state index in [2.05, 4.69) is 27.9 Å². The fraction of sp³-hybridized carbons (Fsp3) is 0.344. The average molecular weight is 539 g/mol. The fourth-order valence-electron chi connectivity index (χ4n) is 6.71. The number of aryl methyl sites for hydroxylation is 2. The molecular formula is C32H34N4O4. The van der Waals surface area contributed by atoms with E-state index < -0.39 is 11.9 Å². The maximum Gasteiger partial charge on any atom is 0.341 e. The number of carbonyl (C=O) groups excluding carboxylic acids is 2. The number of hydrogen-bond acceptors (Lipinski definition) is 5. The number of amides is 1. The Bertz CT molecular complexity index is 1700. The minimum Gasteiger partial charge on any atom is -0.497 e. The molecular weight excluding hydrogens is 504 g/mol. The normalized spacial score (nSPS) is 15.2. The third-order valence-corrected chi connectivity index (χ3v) is 8.49. The maximum absolute atomic E-state index is 13.0. The van der Waals surface area contributed by atoms with Crippen LogP contribution in [0.25, 0.3) is 33.8 Å². The Balaban J connectivity index is 1.70. The number of hydrogen-bond donors (Lipinski definition) is 1. The maximum atomic E-state index is 13.0. The largest absolute Gasteiger partial charge is 0.497 e. The third kappa shape index (κ3) is 4.10. The van der Waals surface area contributed by atoms with E-state index in [1.807, 2.05) is 38.2 Å². The quantitative estimate of drug-likeness (QED) is 0.322. The Kier molecular flexibility index (Phi) is 6.49. The highest BCUT2D eigenvalue weighted by molar-refractivity contribution is 6.04. The topological polar surface area (TPSA) is 101 Å². The Hall–Kier alpha value is -4.33. The SMILES string of the molecule is COC(=O)c1c(C)nn(C)c1C1=Cc2cc(OC)ccc2-c2c(C3CCCCC3)c3ccc(C(N)=O)cc3n2C1. The predicted octanol–water partition coefficient (Wildman–Crippen LogP) is 5.85. The molecule has 6 rings (SSSR count). The zero-order valence-corrected chi connectivity index (χ0v) is 23.4. The summed E-state index contributed by atoms with van der Waals surface area (Å²) in [6.45, 7) is 2.29. The molecule has 1 saturated carbocycles. The van der Waals surface area contributed by atoms with Gasteiger partial charge in [-0.1, -0.05) is 25.3 Å². The highest BCUT2D eigenvalue weighted by Crippen LogP contribution is 2.48. The number of aromatic nitrogens is 3. The first-order valence-electron chi connectivity index (χ1n) is 13.8. The van der Waals surface area contributed by atoms with Gasteiger partial charge in [-0.3, -0.25) is 9.48 Å². The minimum absolute atomic E-state index is 0.410. The highest BCUT2D eigenvalue weighted by atomic mass is 16.5. The zero-order valence-electron chi connectivity index (χ0n) is 23.4. The molecule has 0 atom stereocenters. The van der Waals surface area contributed by atoms with Crippen LogP contribution in [0.15, 0.2) is 36.4 Å². The summed E-state index contributed by atoms with van der Waals surface area (Å²) in [7, 11) is 4.90.